The molecule has 2 amide bonds. The normalized spacial score (nSPS) is 20.1. The number of hydrogen-bond donors (Lipinski definition) is 1. The van der Waals surface area contributed by atoms with Gasteiger partial charge in [-0.1, -0.05) is 49.6 Å². The molecule has 1 fully saturated rings. The van der Waals surface area contributed by atoms with E-state index in [1.54, 1.807) is 36.4 Å². The summed E-state index contributed by atoms with van der Waals surface area (Å²) in [5.74, 6) is 0.109. The van der Waals surface area contributed by atoms with E-state index in [1.807, 2.05) is 0 Å². The second kappa shape index (κ2) is 10.2. The summed E-state index contributed by atoms with van der Waals surface area (Å²) in [5.41, 5.74) is 0.570. The molecule has 3 rings (SSSR count). The molecular weight excluding hydrogens is 411 g/mol. The van der Waals surface area contributed by atoms with Crippen molar-refractivity contribution in [2.75, 3.05) is 5.88 Å². The molecule has 1 N–H and O–H groups in total. The zero-order valence-corrected chi connectivity index (χ0v) is 18.0. The molecule has 3 unspecified atom stereocenters. The van der Waals surface area contributed by atoms with E-state index >= 15 is 0 Å². The predicted octanol–water partition coefficient (Wildman–Crippen LogP) is 4.94. The van der Waals surface area contributed by atoms with Crippen molar-refractivity contribution >= 4 is 35.0 Å². The number of rotatable bonds is 7. The van der Waals surface area contributed by atoms with Crippen molar-refractivity contribution in [3.8, 4) is 0 Å². The summed E-state index contributed by atoms with van der Waals surface area (Å²) in [6.07, 6.45) is 5.81. The van der Waals surface area contributed by atoms with Gasteiger partial charge in [0.2, 0.25) is 11.8 Å². The van der Waals surface area contributed by atoms with Crippen molar-refractivity contribution in [2.45, 2.75) is 51.2 Å². The molecule has 1 aliphatic rings. The number of carbonyl (C=O) groups excluding carboxylic acids is 2. The number of benzene rings is 1. The van der Waals surface area contributed by atoms with Crippen LogP contribution in [0.25, 0.3) is 0 Å². The van der Waals surface area contributed by atoms with Crippen molar-refractivity contribution in [3.05, 3.63) is 59.0 Å². The number of nitrogens with one attached hydrogen (secondary N) is 1. The van der Waals surface area contributed by atoms with Gasteiger partial charge >= 0.3 is 0 Å². The Morgan fingerprint density at radius 2 is 1.97 bits per heavy atom. The maximum atomic E-state index is 13.5. The Balaban J connectivity index is 1.95. The van der Waals surface area contributed by atoms with Crippen LogP contribution in [0, 0.1) is 5.92 Å². The third-order valence-electron chi connectivity index (χ3n) is 5.54. The highest BCUT2D eigenvalue weighted by Crippen LogP contribution is 2.31. The average molecular weight is 437 g/mol. The number of halogens is 2. The van der Waals surface area contributed by atoms with E-state index in [0.717, 1.165) is 19.3 Å². The number of amides is 2. The standard InChI is InChI=1S/C22H26Cl2N2O3/c1-15-7-2-5-11-19(15)25-22(28)21(17-9-3-4-10-18(17)24)26(20(27)13-23)14-16-8-6-12-29-16/h3-4,6,8-10,12,15,19,21H,2,5,7,11,13-14H2,1H3,(H,25,28). The SMILES string of the molecule is CC1CCCCC1NC(=O)C(c1ccccc1Cl)N(Cc1ccco1)C(=O)CCl. The number of nitrogens with zero attached hydrogens (tertiary/aromatic N) is 1. The second-order valence-electron chi connectivity index (χ2n) is 7.54. The minimum atomic E-state index is -0.894. The molecule has 156 valence electrons. The second-order valence-corrected chi connectivity index (χ2v) is 8.21. The van der Waals surface area contributed by atoms with Gasteiger partial charge in [-0.2, -0.15) is 0 Å². The number of alkyl halides is 1. The van der Waals surface area contributed by atoms with E-state index in [-0.39, 0.29) is 30.3 Å². The van der Waals surface area contributed by atoms with Crippen LogP contribution < -0.4 is 5.32 Å². The topological polar surface area (TPSA) is 62.6 Å². The van der Waals surface area contributed by atoms with E-state index in [0.29, 0.717) is 22.3 Å². The van der Waals surface area contributed by atoms with Gasteiger partial charge in [0.05, 0.1) is 12.8 Å². The fraction of sp³-hybridized carbons (Fsp3) is 0.455. The molecule has 7 heteroatoms. The Bertz CT molecular complexity index is 825. The highest BCUT2D eigenvalue weighted by molar-refractivity contribution is 6.31. The first kappa shape index (κ1) is 21.7. The highest BCUT2D eigenvalue weighted by Gasteiger charge is 2.35. The molecule has 0 saturated heterocycles. The maximum absolute atomic E-state index is 13.5. The van der Waals surface area contributed by atoms with Crippen LogP contribution in [0.4, 0.5) is 0 Å². The summed E-state index contributed by atoms with van der Waals surface area (Å²) in [5, 5.41) is 3.60. The lowest BCUT2D eigenvalue weighted by atomic mass is 9.85. The molecule has 5 nitrogen and oxygen atoms in total. The van der Waals surface area contributed by atoms with Gasteiger partial charge in [-0.3, -0.25) is 9.59 Å². The number of hydrogen-bond acceptors (Lipinski definition) is 3. The largest absolute Gasteiger partial charge is 0.467 e. The van der Waals surface area contributed by atoms with E-state index < -0.39 is 6.04 Å². The zero-order valence-electron chi connectivity index (χ0n) is 16.4. The first-order valence-corrected chi connectivity index (χ1v) is 10.8. The van der Waals surface area contributed by atoms with Crippen molar-refractivity contribution < 1.29 is 14.0 Å². The Morgan fingerprint density at radius 1 is 1.21 bits per heavy atom. The van der Waals surface area contributed by atoms with Crippen molar-refractivity contribution in [1.29, 1.82) is 0 Å². The zero-order chi connectivity index (χ0) is 20.8. The van der Waals surface area contributed by atoms with Gasteiger partial charge in [-0.05, 0) is 37.0 Å². The van der Waals surface area contributed by atoms with Crippen LogP contribution in [0.1, 0.15) is 50.0 Å². The molecule has 3 atom stereocenters. The Labute approximate surface area is 181 Å². The molecule has 1 aromatic heterocycles. The molecule has 1 heterocycles. The summed E-state index contributed by atoms with van der Waals surface area (Å²) in [6, 6.07) is 9.79. The van der Waals surface area contributed by atoms with Gasteiger partial charge in [0.25, 0.3) is 0 Å². The molecule has 1 aromatic carbocycles. The van der Waals surface area contributed by atoms with Gasteiger partial charge in [-0.25, -0.2) is 0 Å². The molecule has 0 aliphatic heterocycles. The van der Waals surface area contributed by atoms with E-state index in [9.17, 15) is 9.59 Å². The Morgan fingerprint density at radius 3 is 2.62 bits per heavy atom. The monoisotopic (exact) mass is 436 g/mol. The van der Waals surface area contributed by atoms with Crippen LogP contribution in [-0.4, -0.2) is 28.6 Å². The summed E-state index contributed by atoms with van der Waals surface area (Å²) in [4.78, 5) is 27.7. The van der Waals surface area contributed by atoms with Gasteiger partial charge in [0, 0.05) is 16.6 Å². The summed E-state index contributed by atoms with van der Waals surface area (Å²) in [7, 11) is 0. The summed E-state index contributed by atoms with van der Waals surface area (Å²) < 4.78 is 5.42. The van der Waals surface area contributed by atoms with Crippen LogP contribution in [0.5, 0.6) is 0 Å². The lowest BCUT2D eigenvalue weighted by Crippen LogP contribution is -2.49. The first-order chi connectivity index (χ1) is 14.0. The van der Waals surface area contributed by atoms with Crippen LogP contribution in [0.15, 0.2) is 47.1 Å². The first-order valence-electron chi connectivity index (χ1n) is 9.94. The van der Waals surface area contributed by atoms with Crippen molar-refractivity contribution in [2.24, 2.45) is 5.92 Å². The van der Waals surface area contributed by atoms with E-state index in [4.69, 9.17) is 27.6 Å². The Hall–Kier alpha value is -1.98. The minimum Gasteiger partial charge on any atom is -0.467 e. The number of carbonyl (C=O) groups is 2. The lowest BCUT2D eigenvalue weighted by Gasteiger charge is -2.35. The molecule has 2 aromatic rings. The third kappa shape index (κ3) is 5.34. The predicted molar refractivity (Wildman–Crippen MR) is 114 cm³/mol. The summed E-state index contributed by atoms with van der Waals surface area (Å²) >= 11 is 12.3. The van der Waals surface area contributed by atoms with Gasteiger partial charge in [0.15, 0.2) is 0 Å². The highest BCUT2D eigenvalue weighted by atomic mass is 35.5. The quantitative estimate of drug-likeness (QED) is 0.625. The molecule has 0 radical (unpaired) electrons. The van der Waals surface area contributed by atoms with Gasteiger partial charge in [0.1, 0.15) is 17.7 Å². The fourth-order valence-corrected chi connectivity index (χ4v) is 4.30. The molecular formula is C22H26Cl2N2O3. The van der Waals surface area contributed by atoms with Crippen LogP contribution in [-0.2, 0) is 16.1 Å². The molecule has 0 bridgehead atoms. The summed E-state index contributed by atoms with van der Waals surface area (Å²) in [6.45, 7) is 2.28. The van der Waals surface area contributed by atoms with Gasteiger partial charge in [-0.15, -0.1) is 11.6 Å². The molecule has 29 heavy (non-hydrogen) atoms. The van der Waals surface area contributed by atoms with Crippen LogP contribution in [0.2, 0.25) is 5.02 Å². The van der Waals surface area contributed by atoms with Crippen molar-refractivity contribution in [3.63, 3.8) is 0 Å². The van der Waals surface area contributed by atoms with E-state index in [1.165, 1.54) is 17.6 Å². The fourth-order valence-electron chi connectivity index (χ4n) is 3.91. The average Bonchev–Trinajstić information content (AvgIpc) is 3.23. The minimum absolute atomic E-state index is 0.0813. The maximum Gasteiger partial charge on any atom is 0.247 e. The number of furan rings is 1. The molecule has 1 aliphatic carbocycles. The third-order valence-corrected chi connectivity index (χ3v) is 6.11. The van der Waals surface area contributed by atoms with Crippen molar-refractivity contribution in [1.82, 2.24) is 10.2 Å². The van der Waals surface area contributed by atoms with Crippen LogP contribution in [0.3, 0.4) is 0 Å². The van der Waals surface area contributed by atoms with Gasteiger partial charge < -0.3 is 14.6 Å². The van der Waals surface area contributed by atoms with Crippen LogP contribution >= 0.6 is 23.2 Å². The Kier molecular flexibility index (Phi) is 7.62. The molecule has 1 saturated carbocycles. The van der Waals surface area contributed by atoms with E-state index in [2.05, 4.69) is 12.2 Å². The lowest BCUT2D eigenvalue weighted by molar-refractivity contribution is -0.140. The molecule has 0 spiro atoms. The smallest absolute Gasteiger partial charge is 0.247 e.